The number of allylic oxidation sites excluding steroid dienone is 2. The van der Waals surface area contributed by atoms with Gasteiger partial charge < -0.3 is 4.74 Å². The van der Waals surface area contributed by atoms with Crippen LogP contribution >= 0.6 is 11.6 Å². The van der Waals surface area contributed by atoms with Crippen LogP contribution in [0.15, 0.2) is 11.8 Å². The summed E-state index contributed by atoms with van der Waals surface area (Å²) >= 11 is 5.15. The molecule has 0 aliphatic carbocycles. The SMILES string of the molecule is CO/C(=C\C(=O)C(F)(F)F)CCl. The number of hydrogen-bond donors (Lipinski definition) is 0. The third-order valence-corrected chi connectivity index (χ3v) is 1.23. The van der Waals surface area contributed by atoms with E-state index < -0.39 is 12.0 Å². The highest BCUT2D eigenvalue weighted by Crippen LogP contribution is 2.17. The molecule has 0 radical (unpaired) electrons. The van der Waals surface area contributed by atoms with Gasteiger partial charge in [-0.3, -0.25) is 4.79 Å². The number of carbonyl (C=O) groups excluding carboxylic acids is 1. The Morgan fingerprint density at radius 3 is 2.33 bits per heavy atom. The van der Waals surface area contributed by atoms with Crippen molar-refractivity contribution in [2.75, 3.05) is 13.0 Å². The minimum absolute atomic E-state index is 0.209. The highest BCUT2D eigenvalue weighted by Gasteiger charge is 2.36. The minimum atomic E-state index is -4.87. The first-order chi connectivity index (χ1) is 5.41. The Morgan fingerprint density at radius 1 is 1.58 bits per heavy atom. The monoisotopic (exact) mass is 202 g/mol. The molecule has 0 aromatic heterocycles. The molecule has 0 N–H and O–H groups in total. The fraction of sp³-hybridized carbons (Fsp3) is 0.500. The predicted octanol–water partition coefficient (Wildman–Crippen LogP) is 1.89. The van der Waals surface area contributed by atoms with Crippen LogP contribution in [0.2, 0.25) is 0 Å². The smallest absolute Gasteiger partial charge is 0.454 e. The second-order valence-electron chi connectivity index (χ2n) is 1.81. The number of methoxy groups -OCH3 is 1. The molecule has 0 bridgehead atoms. The second kappa shape index (κ2) is 4.35. The number of carbonyl (C=O) groups is 1. The van der Waals surface area contributed by atoms with Crippen molar-refractivity contribution in [2.45, 2.75) is 6.18 Å². The van der Waals surface area contributed by atoms with Crippen LogP contribution in [0, 0.1) is 0 Å². The maximum Gasteiger partial charge on any atom is 0.454 e. The Bertz CT molecular complexity index is 191. The first kappa shape index (κ1) is 11.3. The average molecular weight is 203 g/mol. The molecule has 0 heterocycles. The Balaban J connectivity index is 4.42. The highest BCUT2D eigenvalue weighted by molar-refractivity contribution is 6.19. The molecule has 70 valence electrons. The van der Waals surface area contributed by atoms with Crippen molar-refractivity contribution < 1.29 is 22.7 Å². The van der Waals surface area contributed by atoms with E-state index in [2.05, 4.69) is 4.74 Å². The van der Waals surface area contributed by atoms with E-state index in [1.807, 2.05) is 0 Å². The van der Waals surface area contributed by atoms with E-state index in [0.29, 0.717) is 6.08 Å². The maximum atomic E-state index is 11.6. The van der Waals surface area contributed by atoms with Crippen molar-refractivity contribution in [1.29, 1.82) is 0 Å². The maximum absolute atomic E-state index is 11.6. The third-order valence-electron chi connectivity index (χ3n) is 0.965. The molecule has 0 unspecified atom stereocenters. The lowest BCUT2D eigenvalue weighted by Crippen LogP contribution is -2.20. The molecule has 2 nitrogen and oxygen atoms in total. The second-order valence-corrected chi connectivity index (χ2v) is 2.08. The van der Waals surface area contributed by atoms with Crippen molar-refractivity contribution in [1.82, 2.24) is 0 Å². The molecule has 12 heavy (non-hydrogen) atoms. The van der Waals surface area contributed by atoms with Crippen molar-refractivity contribution in [3.8, 4) is 0 Å². The molecule has 0 aliphatic rings. The van der Waals surface area contributed by atoms with Crippen molar-refractivity contribution in [2.24, 2.45) is 0 Å². The summed E-state index contributed by atoms with van der Waals surface area (Å²) in [5, 5.41) is 0. The van der Waals surface area contributed by atoms with Crippen LogP contribution in [0.1, 0.15) is 0 Å². The van der Waals surface area contributed by atoms with Gasteiger partial charge in [0.1, 0.15) is 5.76 Å². The normalized spacial score (nSPS) is 12.9. The zero-order valence-corrected chi connectivity index (χ0v) is 6.87. The standard InChI is InChI=1S/C6H6ClF3O2/c1-12-4(3-7)2-5(11)6(8,9)10/h2H,3H2,1H3/b4-2-. The largest absolute Gasteiger partial charge is 0.500 e. The number of ether oxygens (including phenoxy) is 1. The molecule has 0 saturated carbocycles. The molecule has 0 atom stereocenters. The summed E-state index contributed by atoms with van der Waals surface area (Å²) in [6.45, 7) is 0. The zero-order chi connectivity index (χ0) is 9.78. The lowest BCUT2D eigenvalue weighted by atomic mass is 10.3. The molecule has 0 aromatic carbocycles. The molecule has 6 heteroatoms. The van der Waals surface area contributed by atoms with Crippen LogP contribution in [-0.4, -0.2) is 24.9 Å². The molecule has 0 spiro atoms. The van der Waals surface area contributed by atoms with Crippen LogP contribution in [0.5, 0.6) is 0 Å². The predicted molar refractivity (Wildman–Crippen MR) is 36.9 cm³/mol. The third kappa shape index (κ3) is 3.61. The first-order valence-corrected chi connectivity index (χ1v) is 3.37. The quantitative estimate of drug-likeness (QED) is 0.397. The van der Waals surface area contributed by atoms with Gasteiger partial charge in [0.05, 0.1) is 13.0 Å². The summed E-state index contributed by atoms with van der Waals surface area (Å²) in [4.78, 5) is 10.3. The summed E-state index contributed by atoms with van der Waals surface area (Å²) in [6, 6.07) is 0. The average Bonchev–Trinajstić information content (AvgIpc) is 1.97. The number of hydrogen-bond acceptors (Lipinski definition) is 2. The van der Waals surface area contributed by atoms with Gasteiger partial charge >= 0.3 is 6.18 Å². The molecule has 0 amide bonds. The molecule has 0 aromatic rings. The Hall–Kier alpha value is -0.710. The van der Waals surface area contributed by atoms with E-state index in [1.165, 1.54) is 0 Å². The van der Waals surface area contributed by atoms with Crippen molar-refractivity contribution in [3.63, 3.8) is 0 Å². The summed E-state index contributed by atoms with van der Waals surface area (Å²) in [5.41, 5.74) is 0. The van der Waals surface area contributed by atoms with E-state index in [9.17, 15) is 18.0 Å². The lowest BCUT2D eigenvalue weighted by Gasteiger charge is -2.03. The van der Waals surface area contributed by atoms with E-state index in [-0.39, 0.29) is 11.6 Å². The molecular weight excluding hydrogens is 197 g/mol. The Morgan fingerprint density at radius 2 is 2.08 bits per heavy atom. The fourth-order valence-corrected chi connectivity index (χ4v) is 0.566. The van der Waals surface area contributed by atoms with E-state index in [4.69, 9.17) is 11.6 Å². The molecule has 0 fully saturated rings. The van der Waals surface area contributed by atoms with Crippen LogP contribution < -0.4 is 0 Å². The molecule has 0 aliphatic heterocycles. The van der Waals surface area contributed by atoms with Gasteiger partial charge in [0.15, 0.2) is 0 Å². The lowest BCUT2D eigenvalue weighted by molar-refractivity contribution is -0.165. The Labute approximate surface area is 71.9 Å². The fourth-order valence-electron chi connectivity index (χ4n) is 0.380. The topological polar surface area (TPSA) is 26.3 Å². The zero-order valence-electron chi connectivity index (χ0n) is 6.11. The summed E-state index contributed by atoms with van der Waals surface area (Å²) in [7, 11) is 1.14. The van der Waals surface area contributed by atoms with Gasteiger partial charge in [-0.15, -0.1) is 11.6 Å². The van der Waals surface area contributed by atoms with Crippen molar-refractivity contribution >= 4 is 17.4 Å². The van der Waals surface area contributed by atoms with Gasteiger partial charge in [0, 0.05) is 6.08 Å². The summed E-state index contributed by atoms with van der Waals surface area (Å²) in [5.74, 6) is -2.45. The molecular formula is C6H6ClF3O2. The minimum Gasteiger partial charge on any atom is -0.500 e. The van der Waals surface area contributed by atoms with Crippen molar-refractivity contribution in [3.05, 3.63) is 11.8 Å². The number of ketones is 1. The molecule has 0 rings (SSSR count). The van der Waals surface area contributed by atoms with Gasteiger partial charge in [-0.2, -0.15) is 13.2 Å². The van der Waals surface area contributed by atoms with Gasteiger partial charge in [0.2, 0.25) is 0 Å². The van der Waals surface area contributed by atoms with Crippen LogP contribution in [-0.2, 0) is 9.53 Å². The van der Waals surface area contributed by atoms with Gasteiger partial charge in [0.25, 0.3) is 5.78 Å². The van der Waals surface area contributed by atoms with Gasteiger partial charge in [-0.05, 0) is 0 Å². The number of alkyl halides is 4. The Kier molecular flexibility index (Phi) is 4.09. The first-order valence-electron chi connectivity index (χ1n) is 2.83. The highest BCUT2D eigenvalue weighted by atomic mass is 35.5. The van der Waals surface area contributed by atoms with E-state index >= 15 is 0 Å². The molecule has 0 saturated heterocycles. The number of halogens is 4. The van der Waals surface area contributed by atoms with Crippen LogP contribution in [0.3, 0.4) is 0 Å². The van der Waals surface area contributed by atoms with E-state index in [1.54, 1.807) is 0 Å². The summed E-state index contributed by atoms with van der Waals surface area (Å²) < 4.78 is 39.1. The van der Waals surface area contributed by atoms with Gasteiger partial charge in [-0.25, -0.2) is 0 Å². The summed E-state index contributed by atoms with van der Waals surface area (Å²) in [6.07, 6.45) is -4.54. The van der Waals surface area contributed by atoms with Crippen LogP contribution in [0.4, 0.5) is 13.2 Å². The van der Waals surface area contributed by atoms with Crippen LogP contribution in [0.25, 0.3) is 0 Å². The number of rotatable bonds is 3. The van der Waals surface area contributed by atoms with E-state index in [0.717, 1.165) is 7.11 Å². The van der Waals surface area contributed by atoms with Gasteiger partial charge in [-0.1, -0.05) is 0 Å².